The zero-order valence-corrected chi connectivity index (χ0v) is 27.2. The van der Waals surface area contributed by atoms with Gasteiger partial charge in [-0.3, -0.25) is 0 Å². The van der Waals surface area contributed by atoms with E-state index >= 15 is 0 Å². The molecule has 0 bridgehead atoms. The second-order valence-corrected chi connectivity index (χ2v) is 13.1. The number of hydrogen-bond acceptors (Lipinski definition) is 0. The van der Waals surface area contributed by atoms with Crippen molar-refractivity contribution in [2.45, 2.75) is 39.5 Å². The fourth-order valence-electron chi connectivity index (χ4n) is 3.78. The van der Waals surface area contributed by atoms with Crippen LogP contribution in [0.25, 0.3) is 21.5 Å². The van der Waals surface area contributed by atoms with E-state index in [1.54, 1.807) is 5.30 Å². The maximum absolute atomic E-state index is 2.44. The molecule has 0 aliphatic carbocycles. The van der Waals surface area contributed by atoms with E-state index in [9.17, 15) is 0 Å². The Morgan fingerprint density at radius 2 is 1.09 bits per heavy atom. The van der Waals surface area contributed by atoms with Crippen LogP contribution in [-0.2, 0) is 25.8 Å². The fraction of sp³-hybridized carbons (Fsp3) is 0.357. The van der Waals surface area contributed by atoms with Gasteiger partial charge in [0.05, 0.1) is 0 Å². The van der Waals surface area contributed by atoms with Crippen LogP contribution >= 0.6 is 15.8 Å². The van der Waals surface area contributed by atoms with Gasteiger partial charge in [0, 0.05) is 0 Å². The average molecular weight is 684 g/mol. The molecule has 0 aliphatic rings. The number of fused-ring (bicyclic) bond motifs is 2. The molecule has 4 aromatic carbocycles. The molecular formula is C28H36Cl2HfP2. The number of hydrogen-bond donors (Lipinski definition) is 0. The minimum absolute atomic E-state index is 0. The molecule has 0 aromatic heterocycles. The van der Waals surface area contributed by atoms with Crippen LogP contribution in [0.5, 0.6) is 0 Å². The zero-order valence-electron chi connectivity index (χ0n) is 20.3. The molecule has 0 aliphatic heterocycles. The molecule has 0 spiro atoms. The van der Waals surface area contributed by atoms with Gasteiger partial charge in [0.1, 0.15) is 0 Å². The van der Waals surface area contributed by atoms with Crippen LogP contribution < -0.4 is 35.4 Å². The minimum Gasteiger partial charge on any atom is -1.00 e. The van der Waals surface area contributed by atoms with Gasteiger partial charge in [-0.15, -0.1) is 88.6 Å². The number of halogens is 2. The van der Waals surface area contributed by atoms with Gasteiger partial charge in [0.15, 0.2) is 0 Å². The molecule has 0 radical (unpaired) electrons. The smallest absolute Gasteiger partial charge is 1.00 e. The molecule has 4 rings (SSSR count). The first-order valence-electron chi connectivity index (χ1n) is 11.4. The van der Waals surface area contributed by atoms with E-state index in [1.807, 2.05) is 0 Å². The first kappa shape index (κ1) is 33.0. The quantitative estimate of drug-likeness (QED) is 0.152. The van der Waals surface area contributed by atoms with Gasteiger partial charge in [-0.05, 0) is 38.5 Å². The molecular weight excluding hydrogens is 648 g/mol. The molecule has 0 nitrogen and oxygen atoms in total. The summed E-state index contributed by atoms with van der Waals surface area (Å²) in [5, 5.41) is 8.74. The minimum atomic E-state index is 0. The van der Waals surface area contributed by atoms with Crippen LogP contribution in [0.2, 0.25) is 0 Å². The van der Waals surface area contributed by atoms with Crippen LogP contribution in [0.15, 0.2) is 72.8 Å². The Bertz CT molecular complexity index is 964. The molecule has 0 amide bonds. The van der Waals surface area contributed by atoms with Crippen LogP contribution in [0.1, 0.15) is 39.5 Å². The maximum Gasteiger partial charge on any atom is 4.00 e. The summed E-state index contributed by atoms with van der Waals surface area (Å²) in [5.41, 5.74) is 0. The third-order valence-corrected chi connectivity index (χ3v) is 9.64. The Balaban J connectivity index is 0.000000603. The Hall–Kier alpha value is -0.0299. The SMILES string of the molecule is CCCCP(CCCC)c1cc2ccccc2[cH-]1.CP(C)c1cc2ccccc2[cH-]1.[Cl-].[Cl-].[Hf+4]. The van der Waals surface area contributed by atoms with Crippen molar-refractivity contribution >= 4 is 48.0 Å². The van der Waals surface area contributed by atoms with Crippen LogP contribution in [0.4, 0.5) is 0 Å². The summed E-state index contributed by atoms with van der Waals surface area (Å²) in [6.07, 6.45) is 8.26. The molecule has 0 N–H and O–H groups in total. The van der Waals surface area contributed by atoms with Gasteiger partial charge in [-0.1, -0.05) is 46.7 Å². The van der Waals surface area contributed by atoms with Crippen LogP contribution in [0.3, 0.4) is 0 Å². The summed E-state index contributed by atoms with van der Waals surface area (Å²) in [7, 11) is 0.143. The normalized spacial score (nSPS) is 10.4. The number of unbranched alkanes of at least 4 members (excludes halogenated alkanes) is 2. The second-order valence-electron chi connectivity index (χ2n) is 8.27. The van der Waals surface area contributed by atoms with Gasteiger partial charge in [-0.25, -0.2) is 0 Å². The molecule has 0 fully saturated rings. The van der Waals surface area contributed by atoms with Gasteiger partial charge in [0.25, 0.3) is 0 Å². The molecule has 33 heavy (non-hydrogen) atoms. The van der Waals surface area contributed by atoms with E-state index < -0.39 is 0 Å². The molecule has 4 aromatic rings. The molecule has 0 atom stereocenters. The third-order valence-electron chi connectivity index (χ3n) is 5.65. The van der Waals surface area contributed by atoms with E-state index in [2.05, 4.69) is 100.0 Å². The molecule has 0 heterocycles. The van der Waals surface area contributed by atoms with Crippen LogP contribution in [0, 0.1) is 0 Å². The van der Waals surface area contributed by atoms with E-state index in [0.29, 0.717) is 0 Å². The molecule has 5 heteroatoms. The van der Waals surface area contributed by atoms with E-state index in [-0.39, 0.29) is 66.5 Å². The monoisotopic (exact) mass is 684 g/mol. The third kappa shape index (κ3) is 9.86. The predicted molar refractivity (Wildman–Crippen MR) is 144 cm³/mol. The average Bonchev–Trinajstić information content (AvgIpc) is 3.38. The van der Waals surface area contributed by atoms with Crippen molar-refractivity contribution in [1.29, 1.82) is 0 Å². The van der Waals surface area contributed by atoms with Crippen molar-refractivity contribution in [3.63, 3.8) is 0 Å². The van der Waals surface area contributed by atoms with Gasteiger partial charge in [-0.2, -0.15) is 12.1 Å². The maximum atomic E-state index is 2.44. The first-order valence-corrected chi connectivity index (χ1v) is 15.3. The number of rotatable bonds is 8. The zero-order chi connectivity index (χ0) is 21.3. The standard InChI is InChI=1S/C17H24P.C11H12P.2ClH.Hf/c1-3-5-11-18(12-6-4-2)17-13-15-9-7-8-10-16(15)14-17;1-12(2)11-7-9-5-3-4-6-10(9)8-11;;;/h7-10,13-14H,3-6,11-12H2,1-2H3;3-8H,1-2H3;2*1H;/q2*-1;;;+4/p-2. The molecule has 0 saturated heterocycles. The van der Waals surface area contributed by atoms with Crippen LogP contribution in [-0.4, -0.2) is 25.7 Å². The molecule has 0 unspecified atom stereocenters. The van der Waals surface area contributed by atoms with E-state index in [0.717, 1.165) is 0 Å². The summed E-state index contributed by atoms with van der Waals surface area (Å²) in [6, 6.07) is 26.8. The van der Waals surface area contributed by atoms with Gasteiger partial charge < -0.3 is 24.8 Å². The van der Waals surface area contributed by atoms with Crippen molar-refractivity contribution in [2.24, 2.45) is 0 Å². The predicted octanol–water partition coefficient (Wildman–Crippen LogP) is 2.20. The first-order chi connectivity index (χ1) is 14.6. The van der Waals surface area contributed by atoms with Crippen molar-refractivity contribution in [3.05, 3.63) is 72.8 Å². The van der Waals surface area contributed by atoms with E-state index in [4.69, 9.17) is 0 Å². The Labute approximate surface area is 235 Å². The summed E-state index contributed by atoms with van der Waals surface area (Å²) in [5.74, 6) is 0. The van der Waals surface area contributed by atoms with Gasteiger partial charge >= 0.3 is 25.8 Å². The Morgan fingerprint density at radius 3 is 1.52 bits per heavy atom. The summed E-state index contributed by atoms with van der Waals surface area (Å²) in [4.78, 5) is 0. The summed E-state index contributed by atoms with van der Waals surface area (Å²) in [6.45, 7) is 9.19. The van der Waals surface area contributed by atoms with Crippen molar-refractivity contribution < 1.29 is 50.7 Å². The number of benzene rings is 2. The second kappa shape index (κ2) is 17.4. The summed E-state index contributed by atoms with van der Waals surface area (Å²) < 4.78 is 0. The van der Waals surface area contributed by atoms with Crippen molar-refractivity contribution in [2.75, 3.05) is 25.7 Å². The fourth-order valence-corrected chi connectivity index (χ4v) is 7.35. The van der Waals surface area contributed by atoms with Gasteiger partial charge in [0.2, 0.25) is 0 Å². The molecule has 176 valence electrons. The van der Waals surface area contributed by atoms with E-state index in [1.165, 1.54) is 64.9 Å². The van der Waals surface area contributed by atoms with Crippen molar-refractivity contribution in [3.8, 4) is 0 Å². The Kier molecular flexibility index (Phi) is 17.4. The summed E-state index contributed by atoms with van der Waals surface area (Å²) >= 11 is 0. The van der Waals surface area contributed by atoms with Crippen molar-refractivity contribution in [1.82, 2.24) is 0 Å². The Morgan fingerprint density at radius 1 is 0.667 bits per heavy atom. The topological polar surface area (TPSA) is 0 Å². The molecule has 0 saturated carbocycles. The largest absolute Gasteiger partial charge is 4.00 e.